The minimum Gasteiger partial charge on any atom is -0.463 e. The highest BCUT2D eigenvalue weighted by molar-refractivity contribution is 9.10. The largest absolute Gasteiger partial charge is 0.463 e. The predicted octanol–water partition coefficient (Wildman–Crippen LogP) is 7.06. The zero-order valence-electron chi connectivity index (χ0n) is 23.1. The summed E-state index contributed by atoms with van der Waals surface area (Å²) in [5, 5.41) is 6.13. The number of hydrazone groups is 1. The minimum absolute atomic E-state index is 0.0356. The van der Waals surface area contributed by atoms with E-state index in [9.17, 15) is 18.0 Å². The van der Waals surface area contributed by atoms with Gasteiger partial charge in [-0.05, 0) is 73.7 Å². The zero-order valence-corrected chi connectivity index (χ0v) is 26.3. The Hall–Kier alpha value is -4.65. The normalized spacial score (nSPS) is 11.8. The lowest BCUT2D eigenvalue weighted by atomic mass is 10.2. The molecule has 0 aliphatic carbocycles. The number of fused-ring (bicyclic) bond motifs is 2. The fraction of sp³-hybridized carbons (Fsp3) is 0.0625. The maximum Gasteiger partial charge on any atom is 0.280 e. The van der Waals surface area contributed by atoms with Gasteiger partial charge in [0.25, 0.3) is 15.9 Å². The molecule has 0 radical (unpaired) electrons. The molecule has 0 fully saturated rings. The fourth-order valence-electron chi connectivity index (χ4n) is 4.57. The Morgan fingerprint density at radius 2 is 1.73 bits per heavy atom. The number of nitrogens with zero attached hydrogens (tertiary/aromatic N) is 4. The highest BCUT2D eigenvalue weighted by atomic mass is 79.9. The van der Waals surface area contributed by atoms with Gasteiger partial charge in [0, 0.05) is 16.6 Å². The molecule has 0 N–H and O–H groups in total. The van der Waals surface area contributed by atoms with Crippen LogP contribution < -0.4 is 14.7 Å². The van der Waals surface area contributed by atoms with Crippen molar-refractivity contribution in [2.24, 2.45) is 5.10 Å². The molecule has 0 bridgehead atoms. The Morgan fingerprint density at radius 1 is 1.00 bits per heavy atom. The number of hydrogen-bond acceptors (Lipinski definition) is 8. The van der Waals surface area contributed by atoms with E-state index >= 15 is 0 Å². The first-order valence-corrected chi connectivity index (χ1v) is 16.4. The van der Waals surface area contributed by atoms with Crippen LogP contribution in [0.4, 0.5) is 10.8 Å². The highest BCUT2D eigenvalue weighted by Crippen LogP contribution is 2.32. The summed E-state index contributed by atoms with van der Waals surface area (Å²) in [6.45, 7) is 1.98. The average molecular weight is 688 g/mol. The van der Waals surface area contributed by atoms with Gasteiger partial charge in [0.05, 0.1) is 38.0 Å². The second kappa shape index (κ2) is 12.2. The molecule has 12 heteroatoms. The van der Waals surface area contributed by atoms with Crippen molar-refractivity contribution in [1.82, 2.24) is 4.98 Å². The molecule has 0 atom stereocenters. The lowest BCUT2D eigenvalue weighted by Gasteiger charge is -2.23. The van der Waals surface area contributed by atoms with Crippen molar-refractivity contribution < 1.29 is 17.6 Å². The van der Waals surface area contributed by atoms with Crippen LogP contribution in [-0.2, 0) is 10.0 Å². The summed E-state index contributed by atoms with van der Waals surface area (Å²) < 4.78 is 35.5. The van der Waals surface area contributed by atoms with Gasteiger partial charge in [-0.3, -0.25) is 13.9 Å². The molecule has 6 aromatic rings. The number of carbonyl (C=O) groups is 1. The molecule has 0 aliphatic heterocycles. The van der Waals surface area contributed by atoms with Crippen molar-refractivity contribution in [3.05, 3.63) is 129 Å². The third-order valence-corrected chi connectivity index (χ3v) is 10.2. The Labute approximate surface area is 264 Å². The van der Waals surface area contributed by atoms with Crippen molar-refractivity contribution in [1.29, 1.82) is 0 Å². The molecule has 220 valence electrons. The molecular weight excluding hydrogens is 664 g/mol. The third kappa shape index (κ3) is 5.66. The maximum absolute atomic E-state index is 13.9. The summed E-state index contributed by atoms with van der Waals surface area (Å²) in [5.41, 5.74) is 1.65. The van der Waals surface area contributed by atoms with Crippen molar-refractivity contribution >= 4 is 81.4 Å². The predicted molar refractivity (Wildman–Crippen MR) is 177 cm³/mol. The lowest BCUT2D eigenvalue weighted by molar-refractivity contribution is 0.0987. The van der Waals surface area contributed by atoms with Crippen LogP contribution in [0.3, 0.4) is 0 Å². The molecule has 9 nitrogen and oxygen atoms in total. The summed E-state index contributed by atoms with van der Waals surface area (Å²) in [5.74, 6) is -0.566. The van der Waals surface area contributed by atoms with Crippen LogP contribution in [-0.4, -0.2) is 32.1 Å². The number of aromatic nitrogens is 1. The van der Waals surface area contributed by atoms with Gasteiger partial charge in [-0.1, -0.05) is 57.6 Å². The van der Waals surface area contributed by atoms with E-state index in [1.807, 2.05) is 24.3 Å². The van der Waals surface area contributed by atoms with E-state index in [0.29, 0.717) is 22.2 Å². The molecule has 6 rings (SSSR count). The number of para-hydroxylation sites is 2. The number of amides is 1. The SMILES string of the molecule is CCN(c1ccccc1)S(=O)(=O)c1ccc(C(=O)N(/N=C/c2coc3ccccc3c2=O)c2nc3ccc(Br)cc3s2)cc1. The van der Waals surface area contributed by atoms with Gasteiger partial charge in [0.15, 0.2) is 0 Å². The van der Waals surface area contributed by atoms with Gasteiger partial charge < -0.3 is 4.42 Å². The summed E-state index contributed by atoms with van der Waals surface area (Å²) in [7, 11) is -3.89. The van der Waals surface area contributed by atoms with E-state index in [2.05, 4.69) is 26.0 Å². The number of halogens is 1. The molecule has 2 aromatic heterocycles. The molecule has 2 heterocycles. The molecule has 0 aliphatic rings. The van der Waals surface area contributed by atoms with E-state index in [0.717, 1.165) is 14.2 Å². The topological polar surface area (TPSA) is 113 Å². The van der Waals surface area contributed by atoms with Crippen molar-refractivity contribution in [3.8, 4) is 0 Å². The number of hydrogen-bond donors (Lipinski definition) is 0. The fourth-order valence-corrected chi connectivity index (χ4v) is 7.52. The van der Waals surface area contributed by atoms with E-state index in [1.54, 1.807) is 55.5 Å². The standard InChI is InChI=1S/C32H23BrN4O5S2/c1-2-36(24-8-4-3-5-9-24)44(40,41)25-15-12-21(13-16-25)31(39)37(32-35-27-17-14-23(33)18-29(27)43-32)34-19-22-20-42-28-11-7-6-10-26(28)30(22)38/h3-20H,2H2,1H3/b34-19+. The molecule has 0 saturated heterocycles. The number of anilines is 2. The van der Waals surface area contributed by atoms with E-state index in [1.165, 1.54) is 52.4 Å². The van der Waals surface area contributed by atoms with Gasteiger partial charge >= 0.3 is 0 Å². The molecular formula is C32H23BrN4O5S2. The van der Waals surface area contributed by atoms with E-state index in [-0.39, 0.29) is 33.1 Å². The first-order chi connectivity index (χ1) is 21.3. The second-order valence-corrected chi connectivity index (χ2v) is 13.3. The van der Waals surface area contributed by atoms with Gasteiger partial charge in [-0.2, -0.15) is 10.1 Å². The van der Waals surface area contributed by atoms with Crippen LogP contribution >= 0.6 is 27.3 Å². The summed E-state index contributed by atoms with van der Waals surface area (Å²) >= 11 is 4.70. The minimum atomic E-state index is -3.89. The maximum atomic E-state index is 13.9. The molecule has 0 unspecified atom stereocenters. The lowest BCUT2D eigenvalue weighted by Crippen LogP contribution is -2.31. The molecule has 0 saturated carbocycles. The van der Waals surface area contributed by atoms with Crippen LogP contribution in [0.25, 0.3) is 21.2 Å². The smallest absolute Gasteiger partial charge is 0.280 e. The van der Waals surface area contributed by atoms with Gasteiger partial charge in [-0.15, -0.1) is 0 Å². The van der Waals surface area contributed by atoms with Crippen LogP contribution in [0.5, 0.6) is 0 Å². The molecule has 4 aromatic carbocycles. The van der Waals surface area contributed by atoms with E-state index in [4.69, 9.17) is 4.42 Å². The van der Waals surface area contributed by atoms with Crippen LogP contribution in [0, 0.1) is 0 Å². The van der Waals surface area contributed by atoms with E-state index < -0.39 is 15.9 Å². The van der Waals surface area contributed by atoms with Crippen LogP contribution in [0.2, 0.25) is 0 Å². The quantitative estimate of drug-likeness (QED) is 0.125. The van der Waals surface area contributed by atoms with Crippen molar-refractivity contribution in [2.45, 2.75) is 11.8 Å². The zero-order chi connectivity index (χ0) is 30.8. The average Bonchev–Trinajstić information content (AvgIpc) is 3.46. The van der Waals surface area contributed by atoms with Crippen molar-refractivity contribution in [2.75, 3.05) is 15.9 Å². The number of sulfonamides is 1. The van der Waals surface area contributed by atoms with Crippen molar-refractivity contribution in [3.63, 3.8) is 0 Å². The Morgan fingerprint density at radius 3 is 2.48 bits per heavy atom. The number of rotatable bonds is 8. The highest BCUT2D eigenvalue weighted by Gasteiger charge is 2.26. The van der Waals surface area contributed by atoms with Crippen LogP contribution in [0.1, 0.15) is 22.8 Å². The number of carbonyl (C=O) groups excluding carboxylic acids is 1. The number of thiazole rings is 1. The van der Waals surface area contributed by atoms with Gasteiger partial charge in [0.2, 0.25) is 10.6 Å². The summed E-state index contributed by atoms with van der Waals surface area (Å²) in [6, 6.07) is 26.8. The monoisotopic (exact) mass is 686 g/mol. The molecule has 1 amide bonds. The number of benzene rings is 4. The van der Waals surface area contributed by atoms with Gasteiger partial charge in [-0.25, -0.2) is 13.4 Å². The first kappa shape index (κ1) is 29.4. The second-order valence-electron chi connectivity index (χ2n) is 9.52. The molecule has 44 heavy (non-hydrogen) atoms. The third-order valence-electron chi connectivity index (χ3n) is 6.75. The summed E-state index contributed by atoms with van der Waals surface area (Å²) in [4.78, 5) is 31.6. The van der Waals surface area contributed by atoms with Crippen LogP contribution in [0.15, 0.2) is 127 Å². The Balaban J connectivity index is 1.37. The molecule has 0 spiro atoms. The first-order valence-electron chi connectivity index (χ1n) is 13.4. The Bertz CT molecular complexity index is 2200. The summed E-state index contributed by atoms with van der Waals surface area (Å²) in [6.07, 6.45) is 2.55. The Kier molecular flexibility index (Phi) is 8.13. The van der Waals surface area contributed by atoms with Gasteiger partial charge in [0.1, 0.15) is 11.8 Å².